The van der Waals surface area contributed by atoms with Crippen LogP contribution in [0.4, 0.5) is 0 Å². The quantitative estimate of drug-likeness (QED) is 0.412. The maximum Gasteiger partial charge on any atom is 0.345 e. The van der Waals surface area contributed by atoms with E-state index in [0.717, 1.165) is 27.8 Å². The molecule has 3 nitrogen and oxygen atoms in total. The van der Waals surface area contributed by atoms with E-state index >= 15 is 0 Å². The van der Waals surface area contributed by atoms with Crippen LogP contribution in [-0.2, 0) is 11.2 Å². The van der Waals surface area contributed by atoms with Crippen LogP contribution in [0, 0.1) is 0 Å². The molecular formula is C27H22O3. The lowest BCUT2D eigenvalue weighted by molar-refractivity contribution is -0.145. The molecule has 0 bridgehead atoms. The van der Waals surface area contributed by atoms with E-state index in [-0.39, 0.29) is 0 Å². The van der Waals surface area contributed by atoms with Gasteiger partial charge in [0.15, 0.2) is 6.10 Å². The average Bonchev–Trinajstić information content (AvgIpc) is 2.80. The number of carboxylic acid groups (broad SMARTS) is 1. The molecule has 0 aromatic heterocycles. The highest BCUT2D eigenvalue weighted by molar-refractivity contribution is 5.83. The van der Waals surface area contributed by atoms with Crippen molar-refractivity contribution in [2.24, 2.45) is 0 Å². The highest BCUT2D eigenvalue weighted by Gasteiger charge is 2.20. The Labute approximate surface area is 176 Å². The first-order valence-electron chi connectivity index (χ1n) is 9.89. The summed E-state index contributed by atoms with van der Waals surface area (Å²) < 4.78 is 5.79. The zero-order chi connectivity index (χ0) is 20.8. The first-order valence-corrected chi connectivity index (χ1v) is 9.89. The second kappa shape index (κ2) is 9.10. The Morgan fingerprint density at radius 1 is 0.667 bits per heavy atom. The van der Waals surface area contributed by atoms with Crippen molar-refractivity contribution in [1.29, 1.82) is 0 Å². The first-order chi connectivity index (χ1) is 14.7. The average molecular weight is 394 g/mol. The van der Waals surface area contributed by atoms with Gasteiger partial charge in [-0.3, -0.25) is 0 Å². The summed E-state index contributed by atoms with van der Waals surface area (Å²) >= 11 is 0. The summed E-state index contributed by atoms with van der Waals surface area (Å²) in [6.45, 7) is 0. The summed E-state index contributed by atoms with van der Waals surface area (Å²) in [5.41, 5.74) is 5.41. The lowest BCUT2D eigenvalue weighted by atomic mass is 9.95. The normalized spacial score (nSPS) is 11.6. The molecule has 0 radical (unpaired) electrons. The number of carboxylic acids is 1. The molecule has 30 heavy (non-hydrogen) atoms. The number of hydrogen-bond donors (Lipinski definition) is 1. The monoisotopic (exact) mass is 394 g/mol. The van der Waals surface area contributed by atoms with Crippen molar-refractivity contribution in [1.82, 2.24) is 0 Å². The van der Waals surface area contributed by atoms with Crippen LogP contribution in [0.2, 0.25) is 0 Å². The molecule has 0 aliphatic heterocycles. The SMILES string of the molecule is O=C(O)[C@H](Cc1ccccc1)Oc1ccc(-c2ccccc2-c2ccccc2)cc1. The van der Waals surface area contributed by atoms with Gasteiger partial charge in [-0.05, 0) is 39.9 Å². The van der Waals surface area contributed by atoms with Gasteiger partial charge in [0.05, 0.1) is 0 Å². The van der Waals surface area contributed by atoms with Crippen LogP contribution in [0.15, 0.2) is 109 Å². The van der Waals surface area contributed by atoms with E-state index in [1.165, 1.54) is 0 Å². The minimum atomic E-state index is -0.975. The van der Waals surface area contributed by atoms with Gasteiger partial charge in [0.2, 0.25) is 0 Å². The summed E-state index contributed by atoms with van der Waals surface area (Å²) in [4.78, 5) is 11.7. The van der Waals surface area contributed by atoms with Gasteiger partial charge < -0.3 is 9.84 Å². The van der Waals surface area contributed by atoms with Crippen LogP contribution in [-0.4, -0.2) is 17.2 Å². The lowest BCUT2D eigenvalue weighted by Gasteiger charge is -2.16. The predicted octanol–water partition coefficient (Wildman–Crippen LogP) is 6.10. The van der Waals surface area contributed by atoms with Gasteiger partial charge in [-0.1, -0.05) is 97.1 Å². The van der Waals surface area contributed by atoms with E-state index in [1.54, 1.807) is 0 Å². The molecule has 4 rings (SSSR count). The fourth-order valence-electron chi connectivity index (χ4n) is 3.49. The molecule has 0 spiro atoms. The summed E-state index contributed by atoms with van der Waals surface area (Å²) in [7, 11) is 0. The van der Waals surface area contributed by atoms with Gasteiger partial charge in [0.25, 0.3) is 0 Å². The fraction of sp³-hybridized carbons (Fsp3) is 0.0741. The van der Waals surface area contributed by atoms with E-state index in [2.05, 4.69) is 24.3 Å². The molecule has 3 heteroatoms. The Morgan fingerprint density at radius 2 is 1.17 bits per heavy atom. The molecule has 0 aliphatic carbocycles. The molecule has 0 saturated heterocycles. The Kier molecular flexibility index (Phi) is 5.90. The summed E-state index contributed by atoms with van der Waals surface area (Å²) in [5, 5.41) is 9.57. The Bertz CT molecular complexity index is 1100. The number of benzene rings is 4. The third kappa shape index (κ3) is 4.58. The Hall–Kier alpha value is -3.85. The molecule has 1 N–H and O–H groups in total. The lowest BCUT2D eigenvalue weighted by Crippen LogP contribution is -2.29. The Morgan fingerprint density at radius 3 is 1.73 bits per heavy atom. The molecule has 0 aliphatic rings. The highest BCUT2D eigenvalue weighted by atomic mass is 16.5. The molecule has 0 saturated carbocycles. The second-order valence-corrected chi connectivity index (χ2v) is 7.07. The van der Waals surface area contributed by atoms with Crippen molar-refractivity contribution in [2.45, 2.75) is 12.5 Å². The fourth-order valence-corrected chi connectivity index (χ4v) is 3.49. The zero-order valence-corrected chi connectivity index (χ0v) is 16.4. The summed E-state index contributed by atoms with van der Waals surface area (Å²) in [6, 6.07) is 35.6. The molecule has 4 aromatic carbocycles. The van der Waals surface area contributed by atoms with Gasteiger partial charge in [0, 0.05) is 6.42 Å². The smallest absolute Gasteiger partial charge is 0.345 e. The third-order valence-corrected chi connectivity index (χ3v) is 4.99. The first kappa shape index (κ1) is 19.5. The molecule has 0 heterocycles. The Balaban J connectivity index is 1.56. The molecule has 0 fully saturated rings. The van der Waals surface area contributed by atoms with Gasteiger partial charge in [-0.2, -0.15) is 0 Å². The van der Waals surface area contributed by atoms with E-state index in [9.17, 15) is 9.90 Å². The standard InChI is InChI=1S/C27H22O3/c28-27(29)26(19-20-9-3-1-4-10-20)30-23-17-15-22(16-18-23)25-14-8-7-13-24(25)21-11-5-2-6-12-21/h1-18,26H,19H2,(H,28,29)/t26-/m0/s1. The maximum atomic E-state index is 11.7. The summed E-state index contributed by atoms with van der Waals surface area (Å²) in [5.74, 6) is -0.434. The van der Waals surface area contributed by atoms with Gasteiger partial charge >= 0.3 is 5.97 Å². The van der Waals surface area contributed by atoms with E-state index in [0.29, 0.717) is 12.2 Å². The predicted molar refractivity (Wildman–Crippen MR) is 120 cm³/mol. The number of hydrogen-bond acceptors (Lipinski definition) is 2. The molecule has 4 aromatic rings. The molecule has 0 amide bonds. The second-order valence-electron chi connectivity index (χ2n) is 7.07. The minimum absolute atomic E-state index is 0.314. The molecule has 1 atom stereocenters. The van der Waals surface area contributed by atoms with E-state index < -0.39 is 12.1 Å². The van der Waals surface area contributed by atoms with Crippen LogP contribution in [0.3, 0.4) is 0 Å². The van der Waals surface area contributed by atoms with Crippen molar-refractivity contribution in [3.05, 3.63) is 115 Å². The summed E-state index contributed by atoms with van der Waals surface area (Å²) in [6.07, 6.45) is -0.621. The molecule has 0 unspecified atom stereocenters. The van der Waals surface area contributed by atoms with Crippen molar-refractivity contribution in [2.75, 3.05) is 0 Å². The maximum absolute atomic E-state index is 11.7. The van der Waals surface area contributed by atoms with Crippen molar-refractivity contribution in [3.63, 3.8) is 0 Å². The van der Waals surface area contributed by atoms with Crippen LogP contribution < -0.4 is 4.74 Å². The number of rotatable bonds is 7. The topological polar surface area (TPSA) is 46.5 Å². The van der Waals surface area contributed by atoms with Gasteiger partial charge in [0.1, 0.15) is 5.75 Å². The third-order valence-electron chi connectivity index (χ3n) is 4.99. The van der Waals surface area contributed by atoms with Crippen LogP contribution >= 0.6 is 0 Å². The molecule has 148 valence electrons. The van der Waals surface area contributed by atoms with E-state index in [1.807, 2.05) is 84.9 Å². The number of carbonyl (C=O) groups is 1. The molecular weight excluding hydrogens is 372 g/mol. The van der Waals surface area contributed by atoms with Crippen molar-refractivity contribution in [3.8, 4) is 28.0 Å². The van der Waals surface area contributed by atoms with Crippen molar-refractivity contribution >= 4 is 5.97 Å². The van der Waals surface area contributed by atoms with E-state index in [4.69, 9.17) is 4.74 Å². The van der Waals surface area contributed by atoms with Gasteiger partial charge in [-0.15, -0.1) is 0 Å². The largest absolute Gasteiger partial charge is 0.478 e. The minimum Gasteiger partial charge on any atom is -0.478 e. The number of ether oxygens (including phenoxy) is 1. The van der Waals surface area contributed by atoms with Crippen LogP contribution in [0.25, 0.3) is 22.3 Å². The van der Waals surface area contributed by atoms with Crippen LogP contribution in [0.5, 0.6) is 5.75 Å². The highest BCUT2D eigenvalue weighted by Crippen LogP contribution is 2.32. The van der Waals surface area contributed by atoms with Crippen molar-refractivity contribution < 1.29 is 14.6 Å². The zero-order valence-electron chi connectivity index (χ0n) is 16.4. The van der Waals surface area contributed by atoms with Crippen LogP contribution in [0.1, 0.15) is 5.56 Å². The number of aliphatic carboxylic acids is 1. The van der Waals surface area contributed by atoms with Gasteiger partial charge in [-0.25, -0.2) is 4.79 Å².